The molecule has 1 aliphatic carbocycles. The van der Waals surface area contributed by atoms with Gasteiger partial charge in [0, 0.05) is 46.8 Å². The lowest BCUT2D eigenvalue weighted by Crippen LogP contribution is -2.46. The van der Waals surface area contributed by atoms with Gasteiger partial charge in [0.05, 0.1) is 13.1 Å². The summed E-state index contributed by atoms with van der Waals surface area (Å²) in [6.45, 7) is 6.38. The van der Waals surface area contributed by atoms with E-state index in [9.17, 15) is 4.21 Å². The smallest absolute Gasteiger partial charge is 0.191 e. The fourth-order valence-electron chi connectivity index (χ4n) is 2.96. The van der Waals surface area contributed by atoms with Gasteiger partial charge in [-0.25, -0.2) is 0 Å². The number of rotatable bonds is 7. The van der Waals surface area contributed by atoms with Crippen molar-refractivity contribution in [1.29, 1.82) is 0 Å². The average Bonchev–Trinajstić information content (AvgIpc) is 3.08. The van der Waals surface area contributed by atoms with Crippen molar-refractivity contribution >= 4 is 16.8 Å². The second kappa shape index (κ2) is 9.70. The molecule has 0 spiro atoms. The summed E-state index contributed by atoms with van der Waals surface area (Å²) in [7, 11) is -0.690. The highest BCUT2D eigenvalue weighted by Gasteiger charge is 2.25. The molecule has 23 heavy (non-hydrogen) atoms. The minimum atomic E-state index is -0.690. The molecule has 1 aliphatic rings. The quantitative estimate of drug-likeness (QED) is 0.584. The van der Waals surface area contributed by atoms with Crippen molar-refractivity contribution in [2.75, 3.05) is 18.8 Å². The third kappa shape index (κ3) is 5.97. The van der Waals surface area contributed by atoms with Crippen LogP contribution in [0, 0.1) is 0 Å². The van der Waals surface area contributed by atoms with E-state index in [-0.39, 0.29) is 0 Å². The molecule has 2 rings (SSSR count). The molecule has 7 heteroatoms. The van der Waals surface area contributed by atoms with Crippen LogP contribution in [0.25, 0.3) is 0 Å². The van der Waals surface area contributed by atoms with Crippen molar-refractivity contribution in [1.82, 2.24) is 20.4 Å². The number of nitrogens with zero attached hydrogens (tertiary/aromatic N) is 3. The van der Waals surface area contributed by atoms with Crippen molar-refractivity contribution in [3.63, 3.8) is 0 Å². The normalized spacial score (nSPS) is 23.5. The van der Waals surface area contributed by atoms with Crippen LogP contribution in [0.15, 0.2) is 23.5 Å². The number of hydrogen-bond donors (Lipinski definition) is 2. The summed E-state index contributed by atoms with van der Waals surface area (Å²) in [4.78, 5) is 4.63. The standard InChI is InChI=1S/C16H29N5OS/c1-3-17-16(18-10-12-21-11-6-9-19-21)20-14-7-5-8-15(13-14)23(22)4-2/h6,9,11,14-15H,3-5,7-8,10,12-13H2,1-2H3,(H2,17,18,20). The molecule has 0 amide bonds. The van der Waals surface area contributed by atoms with Gasteiger partial charge in [0.15, 0.2) is 5.96 Å². The Morgan fingerprint density at radius 2 is 2.30 bits per heavy atom. The maximum Gasteiger partial charge on any atom is 0.191 e. The van der Waals surface area contributed by atoms with Crippen molar-refractivity contribution in [3.05, 3.63) is 18.5 Å². The summed E-state index contributed by atoms with van der Waals surface area (Å²) in [6, 6.07) is 2.29. The highest BCUT2D eigenvalue weighted by Crippen LogP contribution is 2.22. The molecule has 2 N–H and O–H groups in total. The summed E-state index contributed by atoms with van der Waals surface area (Å²) < 4.78 is 13.9. The molecule has 1 saturated carbocycles. The van der Waals surface area contributed by atoms with Crippen LogP contribution in [0.3, 0.4) is 0 Å². The number of aromatic nitrogens is 2. The van der Waals surface area contributed by atoms with Gasteiger partial charge in [-0.2, -0.15) is 5.10 Å². The number of nitrogens with one attached hydrogen (secondary N) is 2. The first-order valence-electron chi connectivity index (χ1n) is 8.62. The van der Waals surface area contributed by atoms with Gasteiger partial charge < -0.3 is 10.6 Å². The van der Waals surface area contributed by atoms with Crippen molar-refractivity contribution in [3.8, 4) is 0 Å². The largest absolute Gasteiger partial charge is 0.357 e. The highest BCUT2D eigenvalue weighted by atomic mass is 32.2. The van der Waals surface area contributed by atoms with Crippen LogP contribution in [-0.2, 0) is 17.3 Å². The lowest BCUT2D eigenvalue weighted by Gasteiger charge is -2.30. The van der Waals surface area contributed by atoms with E-state index >= 15 is 0 Å². The maximum atomic E-state index is 12.1. The number of aliphatic imine (C=N–C) groups is 1. The van der Waals surface area contributed by atoms with Gasteiger partial charge in [0.1, 0.15) is 0 Å². The van der Waals surface area contributed by atoms with Crippen molar-refractivity contribution < 1.29 is 4.21 Å². The predicted octanol–water partition coefficient (Wildman–Crippen LogP) is 1.52. The lowest BCUT2D eigenvalue weighted by atomic mass is 9.95. The summed E-state index contributed by atoms with van der Waals surface area (Å²) in [5, 5.41) is 11.3. The Kier molecular flexibility index (Phi) is 7.58. The summed E-state index contributed by atoms with van der Waals surface area (Å²) in [6.07, 6.45) is 8.06. The van der Waals surface area contributed by atoms with Gasteiger partial charge in [-0.1, -0.05) is 13.3 Å². The summed E-state index contributed by atoms with van der Waals surface area (Å²) in [5.41, 5.74) is 0. The fourth-order valence-corrected chi connectivity index (χ4v) is 4.31. The third-order valence-electron chi connectivity index (χ3n) is 4.13. The zero-order valence-electron chi connectivity index (χ0n) is 14.2. The second-order valence-electron chi connectivity index (χ2n) is 5.83. The highest BCUT2D eigenvalue weighted by molar-refractivity contribution is 7.85. The first kappa shape index (κ1) is 18.0. The molecule has 6 nitrogen and oxygen atoms in total. The zero-order chi connectivity index (χ0) is 16.5. The molecule has 130 valence electrons. The van der Waals surface area contributed by atoms with Crippen LogP contribution in [0.5, 0.6) is 0 Å². The summed E-state index contributed by atoms with van der Waals surface area (Å²) >= 11 is 0. The van der Waals surface area contributed by atoms with Crippen molar-refractivity contribution in [2.24, 2.45) is 4.99 Å². The molecule has 3 atom stereocenters. The van der Waals surface area contributed by atoms with Crippen LogP contribution in [0.4, 0.5) is 0 Å². The molecule has 1 heterocycles. The van der Waals surface area contributed by atoms with E-state index < -0.39 is 10.8 Å². The average molecular weight is 340 g/mol. The maximum absolute atomic E-state index is 12.1. The lowest BCUT2D eigenvalue weighted by molar-refractivity contribution is 0.413. The Labute approximate surface area is 141 Å². The Morgan fingerprint density at radius 1 is 1.43 bits per heavy atom. The summed E-state index contributed by atoms with van der Waals surface area (Å²) in [5.74, 6) is 1.61. The third-order valence-corrected chi connectivity index (χ3v) is 5.87. The predicted molar refractivity (Wildman–Crippen MR) is 96.1 cm³/mol. The van der Waals surface area contributed by atoms with Gasteiger partial charge in [0.25, 0.3) is 0 Å². The number of hydrogen-bond acceptors (Lipinski definition) is 3. The molecule has 0 aliphatic heterocycles. The molecule has 0 radical (unpaired) electrons. The Bertz CT molecular complexity index is 503. The topological polar surface area (TPSA) is 71.3 Å². The van der Waals surface area contributed by atoms with Gasteiger partial charge >= 0.3 is 0 Å². The van der Waals surface area contributed by atoms with E-state index in [4.69, 9.17) is 0 Å². The molecule has 1 aromatic heterocycles. The van der Waals surface area contributed by atoms with Crippen LogP contribution in [0.1, 0.15) is 39.5 Å². The fraction of sp³-hybridized carbons (Fsp3) is 0.750. The van der Waals surface area contributed by atoms with E-state index in [1.54, 1.807) is 6.20 Å². The Hall–Kier alpha value is -1.37. The van der Waals surface area contributed by atoms with Crippen LogP contribution in [0.2, 0.25) is 0 Å². The molecular formula is C16H29N5OS. The molecule has 0 aromatic carbocycles. The van der Waals surface area contributed by atoms with Gasteiger partial charge in [-0.05, 0) is 32.3 Å². The first-order valence-corrected chi connectivity index (χ1v) is 10.0. The molecule has 3 unspecified atom stereocenters. The molecule has 1 aromatic rings. The van der Waals surface area contributed by atoms with Crippen LogP contribution >= 0.6 is 0 Å². The van der Waals surface area contributed by atoms with Crippen LogP contribution in [-0.4, -0.2) is 50.1 Å². The number of guanidine groups is 1. The van der Waals surface area contributed by atoms with Gasteiger partial charge in [0.2, 0.25) is 0 Å². The minimum absolute atomic E-state index is 0.332. The first-order chi connectivity index (χ1) is 11.2. The SMILES string of the molecule is CCNC(=NCCn1cccn1)NC1CCCC(S(=O)CC)C1. The van der Waals surface area contributed by atoms with E-state index in [1.807, 2.05) is 23.9 Å². The monoisotopic (exact) mass is 339 g/mol. The minimum Gasteiger partial charge on any atom is -0.357 e. The zero-order valence-corrected chi connectivity index (χ0v) is 15.0. The van der Waals surface area contributed by atoms with Gasteiger partial charge in [-0.15, -0.1) is 0 Å². The van der Waals surface area contributed by atoms with E-state index in [1.165, 1.54) is 0 Å². The van der Waals surface area contributed by atoms with Gasteiger partial charge in [-0.3, -0.25) is 13.9 Å². The molecule has 0 bridgehead atoms. The Balaban J connectivity index is 1.86. The van der Waals surface area contributed by atoms with E-state index in [0.717, 1.165) is 50.5 Å². The van der Waals surface area contributed by atoms with Crippen LogP contribution < -0.4 is 10.6 Å². The second-order valence-corrected chi connectivity index (χ2v) is 7.83. The van der Waals surface area contributed by atoms with E-state index in [0.29, 0.717) is 17.8 Å². The molecular weight excluding hydrogens is 310 g/mol. The molecule has 1 fully saturated rings. The van der Waals surface area contributed by atoms with E-state index in [2.05, 4.69) is 27.6 Å². The van der Waals surface area contributed by atoms with Crippen molar-refractivity contribution in [2.45, 2.75) is 57.4 Å². The molecule has 0 saturated heterocycles. The Morgan fingerprint density at radius 3 is 3.00 bits per heavy atom.